The predicted molar refractivity (Wildman–Crippen MR) is 63.6 cm³/mol. The number of aromatic nitrogens is 2. The van der Waals surface area contributed by atoms with Gasteiger partial charge in [0, 0.05) is 30.6 Å². The van der Waals surface area contributed by atoms with Crippen LogP contribution in [0.4, 0.5) is 5.13 Å². The Bertz CT molecular complexity index is 399. The van der Waals surface area contributed by atoms with E-state index in [2.05, 4.69) is 15.3 Å². The molecule has 0 aromatic carbocycles. The van der Waals surface area contributed by atoms with Gasteiger partial charge in [0.15, 0.2) is 5.13 Å². The van der Waals surface area contributed by atoms with E-state index in [9.17, 15) is 0 Å². The highest BCUT2D eigenvalue weighted by atomic mass is 32.1. The molecule has 2 aromatic heterocycles. The van der Waals surface area contributed by atoms with Crippen molar-refractivity contribution in [1.29, 1.82) is 0 Å². The molecular weight excluding hydrogens is 230 g/mol. The second-order valence-electron chi connectivity index (χ2n) is 2.79. The first-order chi connectivity index (χ1) is 7.40. The molecule has 2 aromatic rings. The summed E-state index contributed by atoms with van der Waals surface area (Å²) in [5.74, 6) is 0. The maximum atomic E-state index is 4.95. The number of hydrogen-bond acceptors (Lipinski definition) is 6. The Morgan fingerprint density at radius 2 is 2.40 bits per heavy atom. The van der Waals surface area contributed by atoms with E-state index < -0.39 is 0 Å². The average molecular weight is 241 g/mol. The molecule has 0 fully saturated rings. The van der Waals surface area contributed by atoms with Crippen molar-refractivity contribution in [2.24, 2.45) is 0 Å². The molecule has 80 valence electrons. The van der Waals surface area contributed by atoms with Crippen molar-refractivity contribution in [3.8, 4) is 10.7 Å². The third kappa shape index (κ3) is 2.74. The van der Waals surface area contributed by atoms with Gasteiger partial charge in [-0.25, -0.2) is 9.97 Å². The van der Waals surface area contributed by atoms with E-state index in [1.54, 1.807) is 36.0 Å². The van der Waals surface area contributed by atoms with Crippen molar-refractivity contribution >= 4 is 27.8 Å². The Morgan fingerprint density at radius 1 is 1.47 bits per heavy atom. The van der Waals surface area contributed by atoms with Crippen LogP contribution in [0.1, 0.15) is 0 Å². The van der Waals surface area contributed by atoms with E-state index in [1.807, 2.05) is 10.8 Å². The van der Waals surface area contributed by atoms with E-state index >= 15 is 0 Å². The standard InChI is InChI=1S/C9H11N3OS2/c1-13-4-2-11-9-12-7(6-15-9)8-10-3-5-14-8/h3,5-6H,2,4H2,1H3,(H,11,12). The summed E-state index contributed by atoms with van der Waals surface area (Å²) in [6.07, 6.45) is 1.79. The Kier molecular flexibility index (Phi) is 3.65. The van der Waals surface area contributed by atoms with Gasteiger partial charge in [-0.05, 0) is 0 Å². The Balaban J connectivity index is 1.98. The molecule has 0 aliphatic rings. The van der Waals surface area contributed by atoms with E-state index in [1.165, 1.54) is 0 Å². The molecule has 0 bridgehead atoms. The van der Waals surface area contributed by atoms with Crippen LogP contribution in [-0.4, -0.2) is 30.2 Å². The van der Waals surface area contributed by atoms with Crippen molar-refractivity contribution in [3.05, 3.63) is 17.0 Å². The van der Waals surface area contributed by atoms with Crippen LogP contribution in [0.2, 0.25) is 0 Å². The molecule has 6 heteroatoms. The summed E-state index contributed by atoms with van der Waals surface area (Å²) >= 11 is 3.19. The maximum Gasteiger partial charge on any atom is 0.183 e. The van der Waals surface area contributed by atoms with Gasteiger partial charge in [-0.2, -0.15) is 0 Å². The van der Waals surface area contributed by atoms with Gasteiger partial charge in [0.1, 0.15) is 10.7 Å². The summed E-state index contributed by atoms with van der Waals surface area (Å²) in [6.45, 7) is 1.47. The normalized spacial score (nSPS) is 10.5. The zero-order valence-corrected chi connectivity index (χ0v) is 9.90. The number of nitrogens with one attached hydrogen (secondary N) is 1. The summed E-state index contributed by atoms with van der Waals surface area (Å²) in [4.78, 5) is 8.63. The fraction of sp³-hybridized carbons (Fsp3) is 0.333. The molecule has 4 nitrogen and oxygen atoms in total. The summed E-state index contributed by atoms with van der Waals surface area (Å²) in [5.41, 5.74) is 0.940. The Hall–Kier alpha value is -0.980. The third-order valence-electron chi connectivity index (χ3n) is 1.74. The molecular formula is C9H11N3OS2. The summed E-state index contributed by atoms with van der Waals surface area (Å²) < 4.78 is 4.95. The first-order valence-electron chi connectivity index (χ1n) is 4.48. The van der Waals surface area contributed by atoms with E-state index in [0.717, 1.165) is 22.4 Å². The molecule has 0 unspecified atom stereocenters. The van der Waals surface area contributed by atoms with E-state index in [-0.39, 0.29) is 0 Å². The van der Waals surface area contributed by atoms with Crippen LogP contribution in [0.3, 0.4) is 0 Å². The minimum absolute atomic E-state index is 0.687. The van der Waals surface area contributed by atoms with E-state index in [4.69, 9.17) is 4.74 Å². The average Bonchev–Trinajstić information content (AvgIpc) is 2.87. The number of methoxy groups -OCH3 is 1. The van der Waals surface area contributed by atoms with Gasteiger partial charge in [0.25, 0.3) is 0 Å². The zero-order valence-electron chi connectivity index (χ0n) is 8.27. The monoisotopic (exact) mass is 241 g/mol. The zero-order chi connectivity index (χ0) is 10.5. The van der Waals surface area contributed by atoms with Crippen LogP contribution < -0.4 is 5.32 Å². The molecule has 0 aliphatic carbocycles. The minimum atomic E-state index is 0.687. The lowest BCUT2D eigenvalue weighted by Gasteiger charge is -1.99. The Morgan fingerprint density at radius 3 is 3.13 bits per heavy atom. The lowest BCUT2D eigenvalue weighted by Crippen LogP contribution is -2.06. The largest absolute Gasteiger partial charge is 0.383 e. The highest BCUT2D eigenvalue weighted by molar-refractivity contribution is 7.15. The van der Waals surface area contributed by atoms with Crippen molar-refractivity contribution < 1.29 is 4.74 Å². The number of ether oxygens (including phenoxy) is 1. The van der Waals surface area contributed by atoms with E-state index in [0.29, 0.717) is 6.61 Å². The molecule has 1 N–H and O–H groups in total. The van der Waals surface area contributed by atoms with Gasteiger partial charge in [-0.1, -0.05) is 0 Å². The number of nitrogens with zero attached hydrogens (tertiary/aromatic N) is 2. The van der Waals surface area contributed by atoms with Gasteiger partial charge in [-0.15, -0.1) is 22.7 Å². The van der Waals surface area contributed by atoms with Gasteiger partial charge in [0.2, 0.25) is 0 Å². The topological polar surface area (TPSA) is 47.0 Å². The van der Waals surface area contributed by atoms with Crippen molar-refractivity contribution in [2.75, 3.05) is 25.6 Å². The first kappa shape index (κ1) is 10.5. The van der Waals surface area contributed by atoms with Crippen LogP contribution in [0.25, 0.3) is 10.7 Å². The highest BCUT2D eigenvalue weighted by Gasteiger charge is 2.05. The van der Waals surface area contributed by atoms with Crippen LogP contribution in [-0.2, 0) is 4.74 Å². The molecule has 15 heavy (non-hydrogen) atoms. The molecule has 2 rings (SSSR count). The molecule has 0 saturated carbocycles. The highest BCUT2D eigenvalue weighted by Crippen LogP contribution is 2.25. The molecule has 0 radical (unpaired) electrons. The van der Waals surface area contributed by atoms with Gasteiger partial charge in [-0.3, -0.25) is 0 Å². The summed E-state index contributed by atoms with van der Waals surface area (Å²) in [7, 11) is 1.69. The lowest BCUT2D eigenvalue weighted by atomic mass is 10.5. The number of thiazole rings is 2. The molecule has 2 heterocycles. The predicted octanol–water partition coefficient (Wildman–Crippen LogP) is 2.32. The Labute approximate surface area is 96.0 Å². The smallest absolute Gasteiger partial charge is 0.183 e. The SMILES string of the molecule is COCCNc1nc(-c2nccs2)cs1. The molecule has 0 amide bonds. The summed E-state index contributed by atoms with van der Waals surface area (Å²) in [6, 6.07) is 0. The van der Waals surface area contributed by atoms with Crippen molar-refractivity contribution in [2.45, 2.75) is 0 Å². The fourth-order valence-electron chi connectivity index (χ4n) is 1.06. The fourth-order valence-corrected chi connectivity index (χ4v) is 2.46. The third-order valence-corrected chi connectivity index (χ3v) is 3.33. The molecule has 0 aliphatic heterocycles. The minimum Gasteiger partial charge on any atom is -0.383 e. The van der Waals surface area contributed by atoms with Crippen molar-refractivity contribution in [1.82, 2.24) is 9.97 Å². The number of anilines is 1. The quantitative estimate of drug-likeness (QED) is 0.816. The molecule has 0 atom stereocenters. The maximum absolute atomic E-state index is 4.95. The van der Waals surface area contributed by atoms with Gasteiger partial charge >= 0.3 is 0 Å². The summed E-state index contributed by atoms with van der Waals surface area (Å²) in [5, 5.41) is 9.02. The van der Waals surface area contributed by atoms with Gasteiger partial charge < -0.3 is 10.1 Å². The number of hydrogen-bond donors (Lipinski definition) is 1. The number of rotatable bonds is 5. The van der Waals surface area contributed by atoms with Crippen LogP contribution in [0.15, 0.2) is 17.0 Å². The second-order valence-corrected chi connectivity index (χ2v) is 4.55. The lowest BCUT2D eigenvalue weighted by molar-refractivity contribution is 0.211. The first-order valence-corrected chi connectivity index (χ1v) is 6.24. The van der Waals surface area contributed by atoms with Crippen LogP contribution >= 0.6 is 22.7 Å². The van der Waals surface area contributed by atoms with Crippen LogP contribution in [0.5, 0.6) is 0 Å². The van der Waals surface area contributed by atoms with Gasteiger partial charge in [0.05, 0.1) is 6.61 Å². The second kappa shape index (κ2) is 5.20. The molecule has 0 spiro atoms. The van der Waals surface area contributed by atoms with Crippen LogP contribution in [0, 0.1) is 0 Å². The molecule has 0 saturated heterocycles. The van der Waals surface area contributed by atoms with Crippen molar-refractivity contribution in [3.63, 3.8) is 0 Å².